The highest BCUT2D eigenvalue weighted by Gasteiger charge is 2.39. The quantitative estimate of drug-likeness (QED) is 0.284. The molecule has 5 rings (SSSR count). The fourth-order valence-electron chi connectivity index (χ4n) is 6.94. The van der Waals surface area contributed by atoms with Gasteiger partial charge in [0.15, 0.2) is 0 Å². The predicted octanol–water partition coefficient (Wildman–Crippen LogP) is 5.33. The standard InChI is InChI=1S/C32H39ClF3N7O2/c1-5-28(44)43-16-15-42(18-22(43)17-37-2)30-23-13-14-41(27-12-8-10-24(33)29(27)32(34,35)36)19-25(23)38-31(39-30)45-20-21-9-6-7-11-26(21)40(3)4/h5,8,10,12,21-22,26H,1,6-7,9,11,13-20H2,3-4H3/t21?,22-,26?/m0/s1. The minimum atomic E-state index is -4.62. The van der Waals surface area contributed by atoms with Gasteiger partial charge in [0, 0.05) is 43.7 Å². The van der Waals surface area contributed by atoms with E-state index in [1.165, 1.54) is 30.7 Å². The zero-order chi connectivity index (χ0) is 32.3. The zero-order valence-corrected chi connectivity index (χ0v) is 26.4. The summed E-state index contributed by atoms with van der Waals surface area (Å²) in [5, 5.41) is -0.348. The lowest BCUT2D eigenvalue weighted by Gasteiger charge is -2.41. The molecule has 2 fully saturated rings. The van der Waals surface area contributed by atoms with Crippen molar-refractivity contribution < 1.29 is 22.7 Å². The van der Waals surface area contributed by atoms with Crippen molar-refractivity contribution in [2.75, 3.05) is 63.2 Å². The summed E-state index contributed by atoms with van der Waals surface area (Å²) in [5.74, 6) is 0.716. The van der Waals surface area contributed by atoms with Gasteiger partial charge in [-0.2, -0.15) is 23.1 Å². The Morgan fingerprint density at radius 3 is 2.69 bits per heavy atom. The molecule has 0 N–H and O–H groups in total. The van der Waals surface area contributed by atoms with Crippen LogP contribution in [0.4, 0.5) is 24.7 Å². The molecule has 2 unspecified atom stereocenters. The number of nitrogens with zero attached hydrogens (tertiary/aromatic N) is 7. The molecule has 1 saturated heterocycles. The molecule has 1 aliphatic carbocycles. The largest absolute Gasteiger partial charge is 0.463 e. The summed E-state index contributed by atoms with van der Waals surface area (Å²) in [5.41, 5.74) is 0.572. The molecule has 13 heteroatoms. The molecule has 3 atom stereocenters. The molecule has 1 aromatic carbocycles. The van der Waals surface area contributed by atoms with Gasteiger partial charge in [-0.15, -0.1) is 0 Å². The molecule has 1 aromatic heterocycles. The highest BCUT2D eigenvalue weighted by molar-refractivity contribution is 6.31. The number of piperazine rings is 1. The third-order valence-electron chi connectivity index (χ3n) is 9.14. The van der Waals surface area contributed by atoms with Crippen molar-refractivity contribution >= 4 is 29.0 Å². The topological polar surface area (TPSA) is 69.4 Å². The smallest absolute Gasteiger partial charge is 0.419 e. The Hall–Kier alpha value is -3.56. The van der Waals surface area contributed by atoms with E-state index in [2.05, 4.69) is 35.3 Å². The van der Waals surface area contributed by atoms with Crippen molar-refractivity contribution in [3.63, 3.8) is 0 Å². The van der Waals surface area contributed by atoms with Gasteiger partial charge in [0.2, 0.25) is 12.5 Å². The van der Waals surface area contributed by atoms with E-state index < -0.39 is 11.7 Å². The van der Waals surface area contributed by atoms with Gasteiger partial charge in [0.25, 0.3) is 0 Å². The Morgan fingerprint density at radius 2 is 1.98 bits per heavy atom. The lowest BCUT2D eigenvalue weighted by atomic mass is 9.84. The zero-order valence-electron chi connectivity index (χ0n) is 25.7. The Bertz CT molecular complexity index is 1450. The lowest BCUT2D eigenvalue weighted by molar-refractivity contribution is -0.137. The summed E-state index contributed by atoms with van der Waals surface area (Å²) in [7, 11) is 4.15. The third-order valence-corrected chi connectivity index (χ3v) is 9.45. The molecule has 3 aliphatic rings. The Balaban J connectivity index is 1.49. The van der Waals surface area contributed by atoms with Crippen LogP contribution in [0.15, 0.2) is 30.9 Å². The van der Waals surface area contributed by atoms with Crippen molar-refractivity contribution in [3.8, 4) is 6.01 Å². The number of ether oxygens (including phenoxy) is 1. The number of fused-ring (bicyclic) bond motifs is 1. The average molecular weight is 646 g/mol. The number of carbonyl (C=O) groups excluding carboxylic acids is 1. The number of alkyl halides is 3. The minimum absolute atomic E-state index is 0.00739. The monoisotopic (exact) mass is 645 g/mol. The molecule has 0 bridgehead atoms. The maximum atomic E-state index is 14.1. The predicted molar refractivity (Wildman–Crippen MR) is 168 cm³/mol. The van der Waals surface area contributed by atoms with Crippen LogP contribution >= 0.6 is 11.6 Å². The van der Waals surface area contributed by atoms with E-state index in [9.17, 15) is 18.0 Å². The Morgan fingerprint density at radius 1 is 1.20 bits per heavy atom. The number of benzene rings is 1. The number of anilines is 2. The average Bonchev–Trinajstić information content (AvgIpc) is 3.02. The first-order valence-electron chi connectivity index (χ1n) is 15.3. The second-order valence-corrected chi connectivity index (χ2v) is 12.5. The molecule has 9 nitrogen and oxygen atoms in total. The minimum Gasteiger partial charge on any atom is -0.463 e. The summed E-state index contributed by atoms with van der Waals surface area (Å²) in [6, 6.07) is 4.41. The van der Waals surface area contributed by atoms with E-state index in [4.69, 9.17) is 32.9 Å². The molecule has 242 valence electrons. The van der Waals surface area contributed by atoms with Gasteiger partial charge in [0.1, 0.15) is 11.9 Å². The van der Waals surface area contributed by atoms with Crippen LogP contribution in [0.2, 0.25) is 5.02 Å². The number of carbonyl (C=O) groups is 1. The SMILES string of the molecule is [C-]#[N+]C[C@H]1CN(c2nc(OCC3CCCCC3N(C)C)nc3c2CCN(c2cccc(Cl)c2C(F)(F)F)C3)CCN1C(=O)C=C. The van der Waals surface area contributed by atoms with Gasteiger partial charge in [-0.25, -0.2) is 6.57 Å². The molecule has 0 spiro atoms. The number of rotatable bonds is 8. The molecule has 1 amide bonds. The van der Waals surface area contributed by atoms with Crippen LogP contribution in [-0.2, 0) is 23.9 Å². The van der Waals surface area contributed by atoms with Gasteiger partial charge in [-0.05, 0) is 51.6 Å². The fraction of sp³-hybridized carbons (Fsp3) is 0.562. The van der Waals surface area contributed by atoms with Crippen LogP contribution in [0.1, 0.15) is 42.5 Å². The van der Waals surface area contributed by atoms with Crippen LogP contribution in [0.5, 0.6) is 6.01 Å². The molecule has 0 radical (unpaired) electrons. The van der Waals surface area contributed by atoms with E-state index in [0.29, 0.717) is 62.7 Å². The Labute approximate surface area is 267 Å². The summed E-state index contributed by atoms with van der Waals surface area (Å²) in [6.07, 6.45) is 1.45. The summed E-state index contributed by atoms with van der Waals surface area (Å²) in [6.45, 7) is 13.3. The van der Waals surface area contributed by atoms with Crippen LogP contribution in [0.25, 0.3) is 4.85 Å². The van der Waals surface area contributed by atoms with Crippen LogP contribution in [-0.4, -0.2) is 91.2 Å². The summed E-state index contributed by atoms with van der Waals surface area (Å²) in [4.78, 5) is 33.3. The molecule has 2 aliphatic heterocycles. The van der Waals surface area contributed by atoms with Gasteiger partial charge >= 0.3 is 12.2 Å². The number of aromatic nitrogens is 2. The molecule has 3 heterocycles. The summed E-state index contributed by atoms with van der Waals surface area (Å²) >= 11 is 6.06. The van der Waals surface area contributed by atoms with Crippen LogP contribution in [0, 0.1) is 12.5 Å². The van der Waals surface area contributed by atoms with Crippen molar-refractivity contribution in [2.24, 2.45) is 5.92 Å². The first kappa shape index (κ1) is 32.8. The number of hydrogen-bond donors (Lipinski definition) is 0. The molecular weight excluding hydrogens is 607 g/mol. The van der Waals surface area contributed by atoms with Gasteiger partial charge in [-0.1, -0.05) is 37.1 Å². The second kappa shape index (κ2) is 13.8. The van der Waals surface area contributed by atoms with E-state index in [0.717, 1.165) is 24.8 Å². The van der Waals surface area contributed by atoms with E-state index in [1.54, 1.807) is 9.80 Å². The molecular formula is C32H39ClF3N7O2. The lowest BCUT2D eigenvalue weighted by Crippen LogP contribution is -2.56. The van der Waals surface area contributed by atoms with Crippen molar-refractivity contribution in [3.05, 3.63) is 64.1 Å². The van der Waals surface area contributed by atoms with Crippen molar-refractivity contribution in [2.45, 2.75) is 56.9 Å². The first-order chi connectivity index (χ1) is 21.5. The first-order valence-corrected chi connectivity index (χ1v) is 15.7. The van der Waals surface area contributed by atoms with Crippen LogP contribution < -0.4 is 14.5 Å². The summed E-state index contributed by atoms with van der Waals surface area (Å²) < 4.78 is 48.6. The van der Waals surface area contributed by atoms with Crippen molar-refractivity contribution in [1.82, 2.24) is 19.8 Å². The van der Waals surface area contributed by atoms with Crippen LogP contribution in [0.3, 0.4) is 0 Å². The number of halogens is 4. The van der Waals surface area contributed by atoms with Gasteiger partial charge < -0.3 is 29.2 Å². The van der Waals surface area contributed by atoms with Crippen molar-refractivity contribution in [1.29, 1.82) is 0 Å². The molecule has 2 aromatic rings. The van der Waals surface area contributed by atoms with E-state index >= 15 is 0 Å². The number of amides is 1. The maximum Gasteiger partial charge on any atom is 0.419 e. The second-order valence-electron chi connectivity index (χ2n) is 12.1. The maximum absolute atomic E-state index is 14.1. The fourth-order valence-corrected chi connectivity index (χ4v) is 7.21. The highest BCUT2D eigenvalue weighted by Crippen LogP contribution is 2.43. The third kappa shape index (κ3) is 7.15. The normalized spacial score (nSPS) is 22.2. The van der Waals surface area contributed by atoms with Gasteiger partial charge in [0.05, 0.1) is 35.1 Å². The molecule has 45 heavy (non-hydrogen) atoms. The van der Waals surface area contributed by atoms with E-state index in [-0.39, 0.29) is 41.8 Å². The Kier molecular flexibility index (Phi) is 10.1. The van der Waals surface area contributed by atoms with Gasteiger partial charge in [-0.3, -0.25) is 4.79 Å². The molecule has 1 saturated carbocycles. The van der Waals surface area contributed by atoms with E-state index in [1.807, 2.05) is 0 Å². The highest BCUT2D eigenvalue weighted by atomic mass is 35.5. The number of hydrogen-bond acceptors (Lipinski definition) is 7.